The molecule has 0 radical (unpaired) electrons. The smallest absolute Gasteiger partial charge is 0.391 e. The van der Waals surface area contributed by atoms with E-state index in [1.54, 1.807) is 13.0 Å². The van der Waals surface area contributed by atoms with Crippen molar-refractivity contribution in [1.82, 2.24) is 15.1 Å². The lowest BCUT2D eigenvalue weighted by molar-refractivity contribution is -0.157. The van der Waals surface area contributed by atoms with Gasteiger partial charge in [0.15, 0.2) is 5.69 Å². The first-order valence-electron chi connectivity index (χ1n) is 8.55. The molecule has 150 valence electrons. The first-order valence-corrected chi connectivity index (χ1v) is 8.55. The number of rotatable bonds is 5. The van der Waals surface area contributed by atoms with E-state index in [1.807, 2.05) is 5.32 Å². The average molecular weight is 399 g/mol. The highest BCUT2D eigenvalue weighted by Crippen LogP contribution is 2.30. The van der Waals surface area contributed by atoms with E-state index in [0.717, 1.165) is 0 Å². The third-order valence-corrected chi connectivity index (χ3v) is 4.58. The molecule has 0 saturated heterocycles. The highest BCUT2D eigenvalue weighted by molar-refractivity contribution is 5.96. The average Bonchev–Trinajstić information content (AvgIpc) is 3.16. The van der Waals surface area contributed by atoms with Crippen LogP contribution < -0.4 is 5.32 Å². The molecule has 0 bridgehead atoms. The first-order chi connectivity index (χ1) is 13.1. The Bertz CT molecular complexity index is 917. The number of carboxylic acid groups (broad SMARTS) is 1. The summed E-state index contributed by atoms with van der Waals surface area (Å²) in [6, 6.07) is 2.31. The number of hydrogen-bond acceptors (Lipinski definition) is 3. The first kappa shape index (κ1) is 19.8. The Balaban J connectivity index is 1.97. The lowest BCUT2D eigenvalue weighted by Crippen LogP contribution is -2.44. The number of para-hydroxylation sites is 1. The van der Waals surface area contributed by atoms with Crippen LogP contribution in [-0.4, -0.2) is 39.0 Å². The predicted octanol–water partition coefficient (Wildman–Crippen LogP) is 2.94. The predicted molar refractivity (Wildman–Crippen MR) is 89.8 cm³/mol. The van der Waals surface area contributed by atoms with E-state index in [1.165, 1.54) is 16.8 Å². The summed E-state index contributed by atoms with van der Waals surface area (Å²) in [7, 11) is 0. The maximum absolute atomic E-state index is 14.4. The van der Waals surface area contributed by atoms with Gasteiger partial charge in [-0.25, -0.2) is 13.9 Å². The Labute approximate surface area is 157 Å². The largest absolute Gasteiger partial charge is 0.480 e. The van der Waals surface area contributed by atoms with E-state index in [9.17, 15) is 27.2 Å². The number of carboxylic acids is 1. The molecule has 0 aliphatic heterocycles. The zero-order valence-electron chi connectivity index (χ0n) is 14.8. The van der Waals surface area contributed by atoms with Crippen LogP contribution in [0.2, 0.25) is 0 Å². The highest BCUT2D eigenvalue weighted by Gasteiger charge is 2.37. The number of halogens is 4. The van der Waals surface area contributed by atoms with Crippen LogP contribution in [-0.2, 0) is 17.6 Å². The van der Waals surface area contributed by atoms with Crippen molar-refractivity contribution in [2.24, 2.45) is 0 Å². The number of fused-ring (bicyclic) bond motifs is 1. The van der Waals surface area contributed by atoms with Gasteiger partial charge in [0.05, 0.1) is 6.42 Å². The van der Waals surface area contributed by atoms with Gasteiger partial charge < -0.3 is 10.4 Å². The van der Waals surface area contributed by atoms with Crippen LogP contribution in [0.25, 0.3) is 5.69 Å². The topological polar surface area (TPSA) is 84.2 Å². The van der Waals surface area contributed by atoms with Gasteiger partial charge in [-0.1, -0.05) is 12.1 Å². The van der Waals surface area contributed by atoms with Crippen molar-refractivity contribution >= 4 is 11.9 Å². The molecule has 1 aromatic heterocycles. The summed E-state index contributed by atoms with van der Waals surface area (Å²) in [6.45, 7) is 1.67. The minimum atomic E-state index is -4.76. The molecule has 1 aliphatic rings. The Morgan fingerprint density at radius 2 is 2.04 bits per heavy atom. The second kappa shape index (κ2) is 7.25. The molecule has 0 saturated carbocycles. The van der Waals surface area contributed by atoms with Gasteiger partial charge in [0.25, 0.3) is 5.91 Å². The van der Waals surface area contributed by atoms with Gasteiger partial charge in [0.2, 0.25) is 0 Å². The Morgan fingerprint density at radius 1 is 1.32 bits per heavy atom. The molecular formula is C18H17F4N3O3. The van der Waals surface area contributed by atoms with Crippen LogP contribution in [0.15, 0.2) is 18.2 Å². The summed E-state index contributed by atoms with van der Waals surface area (Å²) in [5.74, 6) is -3.38. The van der Waals surface area contributed by atoms with Gasteiger partial charge in [-0.3, -0.25) is 4.79 Å². The Kier molecular flexibility index (Phi) is 5.14. The van der Waals surface area contributed by atoms with Gasteiger partial charge in [-0.15, -0.1) is 0 Å². The van der Waals surface area contributed by atoms with Crippen molar-refractivity contribution in [3.05, 3.63) is 46.5 Å². The summed E-state index contributed by atoms with van der Waals surface area (Å²) >= 11 is 0. The molecular weight excluding hydrogens is 382 g/mol. The molecule has 1 amide bonds. The van der Waals surface area contributed by atoms with Gasteiger partial charge in [-0.2, -0.15) is 18.3 Å². The lowest BCUT2D eigenvalue weighted by atomic mass is 10.1. The molecule has 1 unspecified atom stereocenters. The third-order valence-electron chi connectivity index (χ3n) is 4.58. The summed E-state index contributed by atoms with van der Waals surface area (Å²) in [4.78, 5) is 23.6. The van der Waals surface area contributed by atoms with E-state index in [2.05, 4.69) is 5.10 Å². The molecule has 28 heavy (non-hydrogen) atoms. The molecule has 6 nitrogen and oxygen atoms in total. The van der Waals surface area contributed by atoms with Crippen LogP contribution in [0.4, 0.5) is 17.6 Å². The summed E-state index contributed by atoms with van der Waals surface area (Å²) in [5, 5.41) is 15.0. The van der Waals surface area contributed by atoms with E-state index in [4.69, 9.17) is 5.11 Å². The minimum absolute atomic E-state index is 0.157. The number of aromatic nitrogens is 2. The van der Waals surface area contributed by atoms with E-state index < -0.39 is 36.3 Å². The summed E-state index contributed by atoms with van der Waals surface area (Å²) in [6.07, 6.45) is -4.83. The Morgan fingerprint density at radius 3 is 2.64 bits per heavy atom. The zero-order valence-corrected chi connectivity index (χ0v) is 14.8. The van der Waals surface area contributed by atoms with Crippen molar-refractivity contribution in [3.63, 3.8) is 0 Å². The second-order valence-corrected chi connectivity index (χ2v) is 6.63. The number of benzene rings is 1. The number of alkyl halides is 3. The molecule has 0 fully saturated rings. The molecule has 1 aliphatic carbocycles. The van der Waals surface area contributed by atoms with E-state index in [-0.39, 0.29) is 11.4 Å². The van der Waals surface area contributed by atoms with Gasteiger partial charge in [-0.05, 0) is 37.8 Å². The van der Waals surface area contributed by atoms with Crippen molar-refractivity contribution in [2.75, 3.05) is 0 Å². The minimum Gasteiger partial charge on any atom is -0.480 e. The SMILES string of the molecule is Cc1cccc(F)c1-n1nc(C(=O)NC(CC(F)(F)F)C(=O)O)c2c1CCC2. The number of nitrogens with one attached hydrogen (secondary N) is 1. The Hall–Kier alpha value is -2.91. The van der Waals surface area contributed by atoms with Crippen LogP contribution in [0.5, 0.6) is 0 Å². The number of carbonyl (C=O) groups excluding carboxylic acids is 1. The van der Waals surface area contributed by atoms with Crippen LogP contribution >= 0.6 is 0 Å². The lowest BCUT2D eigenvalue weighted by Gasteiger charge is -2.16. The summed E-state index contributed by atoms with van der Waals surface area (Å²) < 4.78 is 53.4. The van der Waals surface area contributed by atoms with Crippen molar-refractivity contribution in [1.29, 1.82) is 0 Å². The second-order valence-electron chi connectivity index (χ2n) is 6.63. The molecule has 2 N–H and O–H groups in total. The number of aliphatic carboxylic acids is 1. The molecule has 1 aromatic carbocycles. The van der Waals surface area contributed by atoms with Crippen molar-refractivity contribution < 1.29 is 32.3 Å². The maximum atomic E-state index is 14.4. The molecule has 0 spiro atoms. The monoisotopic (exact) mass is 399 g/mol. The quantitative estimate of drug-likeness (QED) is 0.758. The fraction of sp³-hybridized carbons (Fsp3) is 0.389. The van der Waals surface area contributed by atoms with Crippen LogP contribution in [0.1, 0.15) is 40.2 Å². The summed E-state index contributed by atoms with van der Waals surface area (Å²) in [5.41, 5.74) is 1.65. The molecule has 3 rings (SSSR count). The number of nitrogens with zero attached hydrogens (tertiary/aromatic N) is 2. The van der Waals surface area contributed by atoms with Gasteiger partial charge >= 0.3 is 12.1 Å². The number of amides is 1. The number of hydrogen-bond donors (Lipinski definition) is 2. The van der Waals surface area contributed by atoms with Crippen LogP contribution in [0.3, 0.4) is 0 Å². The molecule has 1 atom stereocenters. The van der Waals surface area contributed by atoms with Gasteiger partial charge in [0, 0.05) is 11.3 Å². The van der Waals surface area contributed by atoms with Crippen molar-refractivity contribution in [2.45, 2.75) is 44.8 Å². The third kappa shape index (κ3) is 3.85. The molecule has 10 heteroatoms. The van der Waals surface area contributed by atoms with E-state index >= 15 is 0 Å². The highest BCUT2D eigenvalue weighted by atomic mass is 19.4. The standard InChI is InChI=1S/C18H17F4N3O3/c1-9-4-2-6-11(19)15(9)25-13-7-3-5-10(13)14(24-25)16(26)23-12(17(27)28)8-18(20,21)22/h2,4,6,12H,3,5,7-8H2,1H3,(H,23,26)(H,27,28). The fourth-order valence-electron chi connectivity index (χ4n) is 3.35. The normalized spacial score (nSPS) is 14.6. The number of aryl methyl sites for hydroxylation is 1. The molecule has 2 aromatic rings. The zero-order chi connectivity index (χ0) is 20.6. The fourth-order valence-corrected chi connectivity index (χ4v) is 3.35. The van der Waals surface area contributed by atoms with Gasteiger partial charge in [0.1, 0.15) is 17.5 Å². The van der Waals surface area contributed by atoms with E-state index in [0.29, 0.717) is 36.1 Å². The maximum Gasteiger partial charge on any atom is 0.391 e. The molecule has 1 heterocycles. The van der Waals surface area contributed by atoms with Crippen molar-refractivity contribution in [3.8, 4) is 5.69 Å². The number of carbonyl (C=O) groups is 2. The van der Waals surface area contributed by atoms with Crippen LogP contribution in [0, 0.1) is 12.7 Å².